The van der Waals surface area contributed by atoms with Crippen molar-refractivity contribution in [2.24, 2.45) is 0 Å². The lowest BCUT2D eigenvalue weighted by Gasteiger charge is -2.16. The van der Waals surface area contributed by atoms with E-state index in [4.69, 9.17) is 0 Å². The minimum atomic E-state index is -3.85. The summed E-state index contributed by atoms with van der Waals surface area (Å²) >= 11 is 0. The third-order valence-electron chi connectivity index (χ3n) is 5.67. The smallest absolute Gasteiger partial charge is 0.261 e. The molecule has 5 nitrogen and oxygen atoms in total. The molecule has 3 aromatic rings. The van der Waals surface area contributed by atoms with E-state index in [9.17, 15) is 17.6 Å². The van der Waals surface area contributed by atoms with Gasteiger partial charge in [-0.3, -0.25) is 9.52 Å². The van der Waals surface area contributed by atoms with Gasteiger partial charge in [0.15, 0.2) is 0 Å². The topological polar surface area (TPSA) is 75.3 Å². The number of halogens is 1. The number of anilines is 1. The van der Waals surface area contributed by atoms with Gasteiger partial charge in [0, 0.05) is 23.2 Å². The molecule has 7 heteroatoms. The Kier molecular flexibility index (Phi) is 5.54. The Bertz CT molecular complexity index is 1210. The number of benzene rings is 3. The average Bonchev–Trinajstić information content (AvgIpc) is 3.56. The molecule has 4 rings (SSSR count). The summed E-state index contributed by atoms with van der Waals surface area (Å²) in [5, 5.41) is 2.99. The van der Waals surface area contributed by atoms with Crippen LogP contribution in [0.25, 0.3) is 0 Å². The monoisotopic (exact) mass is 438 g/mol. The largest absolute Gasteiger partial charge is 0.351 e. The lowest BCUT2D eigenvalue weighted by Crippen LogP contribution is -2.32. The van der Waals surface area contributed by atoms with Gasteiger partial charge in [-0.2, -0.15) is 0 Å². The summed E-state index contributed by atoms with van der Waals surface area (Å²) in [6.07, 6.45) is 2.09. The lowest BCUT2D eigenvalue weighted by atomic mass is 9.96. The summed E-state index contributed by atoms with van der Waals surface area (Å²) in [4.78, 5) is 12.5. The van der Waals surface area contributed by atoms with Crippen LogP contribution in [-0.2, 0) is 15.4 Å². The highest BCUT2D eigenvalue weighted by atomic mass is 32.2. The van der Waals surface area contributed by atoms with Crippen molar-refractivity contribution in [1.29, 1.82) is 0 Å². The van der Waals surface area contributed by atoms with E-state index in [1.807, 2.05) is 18.2 Å². The van der Waals surface area contributed by atoms with E-state index in [2.05, 4.69) is 22.2 Å². The second-order valence-electron chi connectivity index (χ2n) is 7.92. The number of carbonyl (C=O) groups is 1. The minimum Gasteiger partial charge on any atom is -0.351 e. The number of rotatable bonds is 7. The van der Waals surface area contributed by atoms with Crippen LogP contribution in [-0.4, -0.2) is 20.9 Å². The highest BCUT2D eigenvalue weighted by molar-refractivity contribution is 7.92. The molecule has 0 aromatic heterocycles. The summed E-state index contributed by atoms with van der Waals surface area (Å²) in [6, 6.07) is 20.0. The first-order valence-corrected chi connectivity index (χ1v) is 11.5. The standard InChI is InChI=1S/C24H23FN2O3S/c1-17-15-21(11-12-22(17)25)31(29,30)27-20-9-7-18(8-10-20)23(28)26-16-24(13-14-24)19-5-3-2-4-6-19/h2-12,15,27H,13-14,16H2,1H3,(H,26,28). The highest BCUT2D eigenvalue weighted by Crippen LogP contribution is 2.47. The molecular weight excluding hydrogens is 415 g/mol. The molecule has 0 saturated heterocycles. The Hall–Kier alpha value is -3.19. The number of hydrogen-bond donors (Lipinski definition) is 2. The Labute approximate surface area is 181 Å². The van der Waals surface area contributed by atoms with E-state index in [1.54, 1.807) is 12.1 Å². The van der Waals surface area contributed by atoms with Crippen LogP contribution >= 0.6 is 0 Å². The van der Waals surface area contributed by atoms with Crippen molar-refractivity contribution in [3.05, 3.63) is 95.3 Å². The Morgan fingerprint density at radius 1 is 1.00 bits per heavy atom. The van der Waals surface area contributed by atoms with Crippen molar-refractivity contribution in [3.8, 4) is 0 Å². The van der Waals surface area contributed by atoms with Gasteiger partial charge in [0.05, 0.1) is 4.90 Å². The summed E-state index contributed by atoms with van der Waals surface area (Å²) in [5.74, 6) is -0.666. The van der Waals surface area contributed by atoms with Gasteiger partial charge in [-0.1, -0.05) is 30.3 Å². The zero-order chi connectivity index (χ0) is 22.1. The number of aryl methyl sites for hydroxylation is 1. The first-order valence-electron chi connectivity index (χ1n) is 10.0. The van der Waals surface area contributed by atoms with Crippen LogP contribution in [0.1, 0.15) is 34.3 Å². The fourth-order valence-corrected chi connectivity index (χ4v) is 4.69. The van der Waals surface area contributed by atoms with Crippen LogP contribution in [0.4, 0.5) is 10.1 Å². The fourth-order valence-electron chi connectivity index (χ4n) is 3.55. The van der Waals surface area contributed by atoms with Gasteiger partial charge in [-0.05, 0) is 73.4 Å². The van der Waals surface area contributed by atoms with E-state index >= 15 is 0 Å². The van der Waals surface area contributed by atoms with Crippen molar-refractivity contribution in [2.75, 3.05) is 11.3 Å². The van der Waals surface area contributed by atoms with Crippen LogP contribution in [0.5, 0.6) is 0 Å². The zero-order valence-electron chi connectivity index (χ0n) is 17.1. The number of carbonyl (C=O) groups excluding carboxylic acids is 1. The van der Waals surface area contributed by atoms with Gasteiger partial charge in [0.1, 0.15) is 5.82 Å². The van der Waals surface area contributed by atoms with Gasteiger partial charge in [-0.25, -0.2) is 12.8 Å². The second kappa shape index (κ2) is 8.15. The molecule has 160 valence electrons. The molecule has 1 saturated carbocycles. The molecule has 1 amide bonds. The maximum Gasteiger partial charge on any atom is 0.261 e. The molecule has 0 unspecified atom stereocenters. The molecule has 0 atom stereocenters. The molecule has 0 heterocycles. The molecule has 0 spiro atoms. The molecule has 1 aliphatic rings. The maximum absolute atomic E-state index is 13.4. The van der Waals surface area contributed by atoms with Crippen molar-refractivity contribution in [2.45, 2.75) is 30.1 Å². The normalized spacial score (nSPS) is 14.6. The minimum absolute atomic E-state index is 0.0137. The van der Waals surface area contributed by atoms with Gasteiger partial charge >= 0.3 is 0 Å². The van der Waals surface area contributed by atoms with Gasteiger partial charge in [0.25, 0.3) is 15.9 Å². The van der Waals surface area contributed by atoms with Crippen LogP contribution in [0.15, 0.2) is 77.7 Å². The average molecular weight is 439 g/mol. The molecule has 0 radical (unpaired) electrons. The Morgan fingerprint density at radius 2 is 1.68 bits per heavy atom. The molecule has 1 aliphatic carbocycles. The first-order chi connectivity index (χ1) is 14.8. The number of sulfonamides is 1. The van der Waals surface area contributed by atoms with Gasteiger partial charge < -0.3 is 5.32 Å². The van der Waals surface area contributed by atoms with E-state index in [0.717, 1.165) is 18.9 Å². The van der Waals surface area contributed by atoms with Gasteiger partial charge in [-0.15, -0.1) is 0 Å². The molecule has 1 fully saturated rings. The summed E-state index contributed by atoms with van der Waals surface area (Å²) in [6.45, 7) is 2.07. The van der Waals surface area contributed by atoms with E-state index < -0.39 is 15.8 Å². The zero-order valence-corrected chi connectivity index (χ0v) is 17.9. The quantitative estimate of drug-likeness (QED) is 0.574. The number of hydrogen-bond acceptors (Lipinski definition) is 3. The lowest BCUT2D eigenvalue weighted by molar-refractivity contribution is 0.0949. The Balaban J connectivity index is 1.40. The highest BCUT2D eigenvalue weighted by Gasteiger charge is 2.44. The molecule has 0 bridgehead atoms. The number of amides is 1. The van der Waals surface area contributed by atoms with Crippen LogP contribution in [0.3, 0.4) is 0 Å². The SMILES string of the molecule is Cc1cc(S(=O)(=O)Nc2ccc(C(=O)NCC3(c4ccccc4)CC3)cc2)ccc1F. The summed E-state index contributed by atoms with van der Waals surface area (Å²) < 4.78 is 40.9. The number of nitrogens with one attached hydrogen (secondary N) is 2. The molecule has 2 N–H and O–H groups in total. The molecule has 31 heavy (non-hydrogen) atoms. The van der Waals surface area contributed by atoms with Crippen LogP contribution in [0, 0.1) is 12.7 Å². The summed E-state index contributed by atoms with van der Waals surface area (Å²) in [5.41, 5.74) is 2.26. The molecule has 3 aromatic carbocycles. The van der Waals surface area contributed by atoms with Crippen molar-refractivity contribution >= 4 is 21.6 Å². The van der Waals surface area contributed by atoms with Gasteiger partial charge in [0.2, 0.25) is 0 Å². The van der Waals surface area contributed by atoms with Crippen LogP contribution < -0.4 is 10.0 Å². The van der Waals surface area contributed by atoms with Crippen molar-refractivity contribution in [3.63, 3.8) is 0 Å². The summed E-state index contributed by atoms with van der Waals surface area (Å²) in [7, 11) is -3.85. The maximum atomic E-state index is 13.4. The predicted molar refractivity (Wildman–Crippen MR) is 118 cm³/mol. The van der Waals surface area contributed by atoms with E-state index in [0.29, 0.717) is 17.8 Å². The third kappa shape index (κ3) is 4.61. The van der Waals surface area contributed by atoms with E-state index in [1.165, 1.54) is 36.8 Å². The Morgan fingerprint density at radius 3 is 2.29 bits per heavy atom. The van der Waals surface area contributed by atoms with E-state index in [-0.39, 0.29) is 21.8 Å². The third-order valence-corrected chi connectivity index (χ3v) is 7.05. The fraction of sp³-hybridized carbons (Fsp3) is 0.208. The first kappa shape index (κ1) is 21.1. The van der Waals surface area contributed by atoms with Crippen molar-refractivity contribution < 1.29 is 17.6 Å². The predicted octanol–water partition coefficient (Wildman–Crippen LogP) is 4.40. The van der Waals surface area contributed by atoms with Crippen molar-refractivity contribution in [1.82, 2.24) is 5.32 Å². The molecule has 0 aliphatic heterocycles. The van der Waals surface area contributed by atoms with Crippen LogP contribution in [0.2, 0.25) is 0 Å². The molecular formula is C24H23FN2O3S. The second-order valence-corrected chi connectivity index (χ2v) is 9.61.